The van der Waals surface area contributed by atoms with E-state index in [0.717, 1.165) is 23.8 Å². The maximum absolute atomic E-state index is 12.4. The first-order chi connectivity index (χ1) is 15.8. The number of hydrogen-bond donors (Lipinski definition) is 1. The van der Waals surface area contributed by atoms with E-state index in [4.69, 9.17) is 11.6 Å². The summed E-state index contributed by atoms with van der Waals surface area (Å²) in [6, 6.07) is 12.6. The van der Waals surface area contributed by atoms with E-state index < -0.39 is 6.36 Å². The first-order valence-electron chi connectivity index (χ1n) is 10.2. The number of ether oxygens (including phenoxy) is 1. The second kappa shape index (κ2) is 9.72. The van der Waals surface area contributed by atoms with Gasteiger partial charge < -0.3 is 15.0 Å². The van der Waals surface area contributed by atoms with Crippen molar-refractivity contribution in [2.75, 3.05) is 42.9 Å². The molecule has 2 heterocycles. The second-order valence-corrected chi connectivity index (χ2v) is 7.90. The van der Waals surface area contributed by atoms with Crippen molar-refractivity contribution in [1.82, 2.24) is 14.5 Å². The van der Waals surface area contributed by atoms with Gasteiger partial charge in [-0.1, -0.05) is 17.7 Å². The number of nitrogens with zero attached hydrogens (tertiary/aromatic N) is 4. The van der Waals surface area contributed by atoms with Crippen LogP contribution >= 0.6 is 11.6 Å². The van der Waals surface area contributed by atoms with E-state index >= 15 is 0 Å². The Morgan fingerprint density at radius 2 is 1.82 bits per heavy atom. The molecule has 7 nitrogen and oxygen atoms in total. The summed E-state index contributed by atoms with van der Waals surface area (Å²) in [5, 5.41) is 3.34. The van der Waals surface area contributed by atoms with Crippen molar-refractivity contribution in [3.05, 3.63) is 65.9 Å². The third-order valence-corrected chi connectivity index (χ3v) is 5.34. The van der Waals surface area contributed by atoms with Crippen molar-refractivity contribution >= 4 is 29.1 Å². The number of carbonyl (C=O) groups excluding carboxylic acids is 1. The molecule has 33 heavy (non-hydrogen) atoms. The number of rotatable bonds is 6. The minimum absolute atomic E-state index is 0.178. The molecule has 4 rings (SSSR count). The molecule has 1 saturated heterocycles. The highest BCUT2D eigenvalue weighted by Crippen LogP contribution is 2.24. The van der Waals surface area contributed by atoms with Crippen LogP contribution in [0.1, 0.15) is 0 Å². The van der Waals surface area contributed by atoms with E-state index in [1.165, 1.54) is 12.1 Å². The predicted molar refractivity (Wildman–Crippen MR) is 119 cm³/mol. The molecule has 0 aliphatic carbocycles. The molecule has 0 spiro atoms. The van der Waals surface area contributed by atoms with Gasteiger partial charge in [-0.3, -0.25) is 14.3 Å². The zero-order chi connectivity index (χ0) is 23.4. The normalized spacial score (nSPS) is 14.8. The van der Waals surface area contributed by atoms with Crippen molar-refractivity contribution in [1.29, 1.82) is 0 Å². The van der Waals surface area contributed by atoms with Crippen LogP contribution < -0.4 is 15.0 Å². The smallest absolute Gasteiger partial charge is 0.406 e. The van der Waals surface area contributed by atoms with Crippen LogP contribution in [0, 0.1) is 0 Å². The Morgan fingerprint density at radius 1 is 1.09 bits per heavy atom. The van der Waals surface area contributed by atoms with E-state index in [2.05, 4.69) is 19.9 Å². The number of nitrogens with one attached hydrogen (secondary N) is 1. The molecule has 11 heteroatoms. The number of anilines is 2. The summed E-state index contributed by atoms with van der Waals surface area (Å²) in [6.07, 6.45) is -1.13. The minimum Gasteiger partial charge on any atom is -0.406 e. The summed E-state index contributed by atoms with van der Waals surface area (Å²) in [5.74, 6) is 0.226. The Balaban J connectivity index is 1.29. The maximum Gasteiger partial charge on any atom is 0.573 e. The number of aromatic nitrogens is 2. The first-order valence-corrected chi connectivity index (χ1v) is 10.6. The van der Waals surface area contributed by atoms with Gasteiger partial charge in [0, 0.05) is 55.0 Å². The molecular formula is C22H21ClF3N5O2. The van der Waals surface area contributed by atoms with E-state index in [1.54, 1.807) is 6.20 Å². The molecule has 2 aromatic carbocycles. The summed E-state index contributed by atoms with van der Waals surface area (Å²) in [6.45, 7) is 2.88. The summed E-state index contributed by atoms with van der Waals surface area (Å²) >= 11 is 6.12. The lowest BCUT2D eigenvalue weighted by Crippen LogP contribution is -2.49. The molecule has 0 unspecified atom stereocenters. The van der Waals surface area contributed by atoms with Gasteiger partial charge >= 0.3 is 6.36 Å². The molecular weight excluding hydrogens is 459 g/mol. The van der Waals surface area contributed by atoms with E-state index in [1.807, 2.05) is 39.9 Å². The van der Waals surface area contributed by atoms with Crippen molar-refractivity contribution in [2.24, 2.45) is 0 Å². The van der Waals surface area contributed by atoms with Crippen molar-refractivity contribution in [2.45, 2.75) is 6.36 Å². The van der Waals surface area contributed by atoms with Gasteiger partial charge in [-0.2, -0.15) is 0 Å². The van der Waals surface area contributed by atoms with Gasteiger partial charge in [0.2, 0.25) is 11.9 Å². The van der Waals surface area contributed by atoms with Crippen LogP contribution in [0.2, 0.25) is 5.02 Å². The van der Waals surface area contributed by atoms with E-state index in [0.29, 0.717) is 36.9 Å². The molecule has 3 aromatic rings. The van der Waals surface area contributed by atoms with Crippen LogP contribution in [0.25, 0.3) is 5.69 Å². The van der Waals surface area contributed by atoms with Crippen LogP contribution in [-0.4, -0.2) is 59.4 Å². The number of benzene rings is 2. The fraction of sp³-hybridized carbons (Fsp3) is 0.273. The quantitative estimate of drug-likeness (QED) is 0.574. The van der Waals surface area contributed by atoms with Crippen LogP contribution in [-0.2, 0) is 4.79 Å². The highest BCUT2D eigenvalue weighted by molar-refractivity contribution is 6.30. The lowest BCUT2D eigenvalue weighted by molar-refractivity contribution is -0.274. The zero-order valence-corrected chi connectivity index (χ0v) is 18.2. The largest absolute Gasteiger partial charge is 0.573 e. The fourth-order valence-corrected chi connectivity index (χ4v) is 3.79. The van der Waals surface area contributed by atoms with E-state index in [9.17, 15) is 18.0 Å². The number of alkyl halides is 3. The molecule has 1 aromatic heterocycles. The topological polar surface area (TPSA) is 62.6 Å². The summed E-state index contributed by atoms with van der Waals surface area (Å²) < 4.78 is 42.5. The molecule has 174 valence electrons. The van der Waals surface area contributed by atoms with Crippen LogP contribution in [0.3, 0.4) is 0 Å². The first kappa shape index (κ1) is 22.9. The van der Waals surface area contributed by atoms with Gasteiger partial charge in [-0.05, 0) is 42.5 Å². The predicted octanol–water partition coefficient (Wildman–Crippen LogP) is 4.19. The summed E-state index contributed by atoms with van der Waals surface area (Å²) in [5.41, 5.74) is 1.32. The number of imidazole rings is 1. The molecule has 1 amide bonds. The average molecular weight is 480 g/mol. The molecule has 1 aliphatic rings. The molecule has 1 N–H and O–H groups in total. The lowest BCUT2D eigenvalue weighted by atomic mass is 10.3. The Hall–Kier alpha value is -3.24. The highest BCUT2D eigenvalue weighted by atomic mass is 35.5. The summed E-state index contributed by atoms with van der Waals surface area (Å²) in [4.78, 5) is 21.0. The zero-order valence-electron chi connectivity index (χ0n) is 17.4. The van der Waals surface area contributed by atoms with Gasteiger partial charge in [-0.25, -0.2) is 4.98 Å². The fourth-order valence-electron chi connectivity index (χ4n) is 3.61. The third kappa shape index (κ3) is 6.17. The Kier molecular flexibility index (Phi) is 6.75. The Bertz CT molecular complexity index is 1100. The number of amides is 1. The van der Waals surface area contributed by atoms with Crippen LogP contribution in [0.15, 0.2) is 60.9 Å². The monoisotopic (exact) mass is 479 g/mol. The Morgan fingerprint density at radius 3 is 2.48 bits per heavy atom. The molecule has 0 atom stereocenters. The van der Waals surface area contributed by atoms with Gasteiger partial charge in [0.15, 0.2) is 0 Å². The standard InChI is InChI=1S/C22H21ClF3N5O2/c23-16-2-1-3-18(14-16)31-9-8-27-21(31)30-12-10-29(11-13-30)15-20(32)28-17-4-6-19(7-5-17)33-22(24,25)26/h1-9,14H,10-13,15H2,(H,28,32). The average Bonchev–Trinajstić information content (AvgIpc) is 3.25. The number of piperazine rings is 1. The van der Waals surface area contributed by atoms with Gasteiger partial charge in [0.1, 0.15) is 5.75 Å². The Labute approximate surface area is 193 Å². The third-order valence-electron chi connectivity index (χ3n) is 5.10. The van der Waals surface area contributed by atoms with Gasteiger partial charge in [0.25, 0.3) is 0 Å². The summed E-state index contributed by atoms with van der Waals surface area (Å²) in [7, 11) is 0. The molecule has 1 fully saturated rings. The van der Waals surface area contributed by atoms with E-state index in [-0.39, 0.29) is 18.2 Å². The molecule has 0 bridgehead atoms. The number of halogens is 4. The highest BCUT2D eigenvalue weighted by Gasteiger charge is 2.31. The maximum atomic E-state index is 12.4. The van der Waals surface area contributed by atoms with Crippen molar-refractivity contribution in [3.8, 4) is 11.4 Å². The minimum atomic E-state index is -4.75. The van der Waals surface area contributed by atoms with Gasteiger partial charge in [0.05, 0.1) is 6.54 Å². The van der Waals surface area contributed by atoms with Gasteiger partial charge in [-0.15, -0.1) is 13.2 Å². The van der Waals surface area contributed by atoms with Crippen molar-refractivity contribution in [3.63, 3.8) is 0 Å². The van der Waals surface area contributed by atoms with Crippen LogP contribution in [0.4, 0.5) is 24.8 Å². The molecule has 0 saturated carbocycles. The second-order valence-electron chi connectivity index (χ2n) is 7.46. The van der Waals surface area contributed by atoms with Crippen molar-refractivity contribution < 1.29 is 22.7 Å². The SMILES string of the molecule is O=C(CN1CCN(c2nccn2-c2cccc(Cl)c2)CC1)Nc1ccc(OC(F)(F)F)cc1. The molecule has 0 radical (unpaired) electrons. The number of carbonyl (C=O) groups is 1. The number of hydrogen-bond acceptors (Lipinski definition) is 5. The van der Waals surface area contributed by atoms with Crippen LogP contribution in [0.5, 0.6) is 5.75 Å². The molecule has 1 aliphatic heterocycles. The lowest BCUT2D eigenvalue weighted by Gasteiger charge is -2.35.